The van der Waals surface area contributed by atoms with Gasteiger partial charge in [0.15, 0.2) is 0 Å². The summed E-state index contributed by atoms with van der Waals surface area (Å²) in [4.78, 5) is 46.9. The average molecular weight is 445 g/mol. The van der Waals surface area contributed by atoms with E-state index in [1.807, 2.05) is 58.2 Å². The van der Waals surface area contributed by atoms with E-state index in [1.165, 1.54) is 0 Å². The molecule has 0 saturated carbocycles. The van der Waals surface area contributed by atoms with Crippen molar-refractivity contribution in [1.29, 1.82) is 0 Å². The minimum atomic E-state index is -0.241. The largest absolute Gasteiger partial charge is 0.354 e. The molecule has 0 fully saturated rings. The van der Waals surface area contributed by atoms with Crippen LogP contribution in [-0.2, 0) is 32.3 Å². The number of rotatable bonds is 13. The zero-order chi connectivity index (χ0) is 23.0. The summed E-state index contributed by atoms with van der Waals surface area (Å²) < 4.78 is 3.78. The van der Waals surface area contributed by atoms with Crippen molar-refractivity contribution in [3.05, 3.63) is 49.1 Å². The molecule has 4 N–H and O–H groups in total. The normalized spacial score (nSPS) is 10.4. The summed E-state index contributed by atoms with van der Waals surface area (Å²) in [6, 6.07) is 7.55. The van der Waals surface area contributed by atoms with Crippen LogP contribution in [0.2, 0.25) is 0 Å². The lowest BCUT2D eigenvalue weighted by molar-refractivity contribution is -0.129. The van der Waals surface area contributed by atoms with E-state index in [1.54, 1.807) is 0 Å². The van der Waals surface area contributed by atoms with Gasteiger partial charge in [0.05, 0.1) is 0 Å². The quantitative estimate of drug-likeness (QED) is 0.275. The molecule has 2 heterocycles. The third-order valence-electron chi connectivity index (χ3n) is 4.77. The van der Waals surface area contributed by atoms with Gasteiger partial charge in [-0.25, -0.2) is 0 Å². The van der Waals surface area contributed by atoms with Gasteiger partial charge in [0.25, 0.3) is 0 Å². The van der Waals surface area contributed by atoms with E-state index in [9.17, 15) is 19.2 Å². The fraction of sp³-hybridized carbons (Fsp3) is 0.455. The SMILES string of the molecule is O=C(CCCCCCC(=O)NNC(=O)CCn1cccc1)NNC(=O)CCn1cccc1. The van der Waals surface area contributed by atoms with Crippen molar-refractivity contribution in [2.75, 3.05) is 0 Å². The Hall–Kier alpha value is -3.56. The molecule has 0 saturated heterocycles. The van der Waals surface area contributed by atoms with Crippen LogP contribution >= 0.6 is 0 Å². The molecule has 0 atom stereocenters. The first-order valence-electron chi connectivity index (χ1n) is 10.9. The van der Waals surface area contributed by atoms with Crippen molar-refractivity contribution >= 4 is 23.6 Å². The Morgan fingerprint density at radius 2 is 0.781 bits per heavy atom. The zero-order valence-corrected chi connectivity index (χ0v) is 18.2. The highest BCUT2D eigenvalue weighted by Gasteiger charge is 2.07. The second kappa shape index (κ2) is 14.4. The smallest absolute Gasteiger partial charge is 0.240 e. The van der Waals surface area contributed by atoms with Crippen molar-refractivity contribution in [2.45, 2.75) is 64.5 Å². The number of nitrogens with zero attached hydrogens (tertiary/aromatic N) is 2. The van der Waals surface area contributed by atoms with E-state index < -0.39 is 0 Å². The van der Waals surface area contributed by atoms with E-state index in [0.29, 0.717) is 38.8 Å². The van der Waals surface area contributed by atoms with Gasteiger partial charge in [-0.15, -0.1) is 0 Å². The van der Waals surface area contributed by atoms with Gasteiger partial charge in [0, 0.05) is 63.6 Å². The van der Waals surface area contributed by atoms with Gasteiger partial charge in [0.2, 0.25) is 23.6 Å². The third-order valence-corrected chi connectivity index (χ3v) is 4.77. The van der Waals surface area contributed by atoms with Crippen LogP contribution in [0.4, 0.5) is 0 Å². The fourth-order valence-electron chi connectivity index (χ4n) is 2.95. The zero-order valence-electron chi connectivity index (χ0n) is 18.2. The maximum absolute atomic E-state index is 11.8. The van der Waals surface area contributed by atoms with Gasteiger partial charge in [-0.3, -0.25) is 40.9 Å². The van der Waals surface area contributed by atoms with Gasteiger partial charge in [-0.1, -0.05) is 12.8 Å². The molecule has 0 unspecified atom stereocenters. The number of hydrogen-bond donors (Lipinski definition) is 4. The Kier molecular flexibility index (Phi) is 11.2. The molecular formula is C22H32N6O4. The molecule has 0 aromatic carbocycles. The maximum atomic E-state index is 11.8. The van der Waals surface area contributed by atoms with Crippen LogP contribution in [-0.4, -0.2) is 32.8 Å². The maximum Gasteiger partial charge on any atom is 0.240 e. The van der Waals surface area contributed by atoms with Gasteiger partial charge < -0.3 is 9.13 Å². The fourth-order valence-corrected chi connectivity index (χ4v) is 2.95. The van der Waals surface area contributed by atoms with Crippen molar-refractivity contribution < 1.29 is 19.2 Å². The van der Waals surface area contributed by atoms with Gasteiger partial charge >= 0.3 is 0 Å². The lowest BCUT2D eigenvalue weighted by Gasteiger charge is -2.08. The second-order valence-corrected chi connectivity index (χ2v) is 7.45. The van der Waals surface area contributed by atoms with E-state index in [4.69, 9.17) is 0 Å². The van der Waals surface area contributed by atoms with Crippen molar-refractivity contribution in [3.8, 4) is 0 Å². The van der Waals surface area contributed by atoms with Crippen LogP contribution in [0.15, 0.2) is 49.1 Å². The van der Waals surface area contributed by atoms with Crippen LogP contribution in [0.25, 0.3) is 0 Å². The van der Waals surface area contributed by atoms with E-state index >= 15 is 0 Å². The predicted molar refractivity (Wildman–Crippen MR) is 118 cm³/mol. The minimum Gasteiger partial charge on any atom is -0.354 e. The molecule has 10 heteroatoms. The molecule has 0 aliphatic heterocycles. The van der Waals surface area contributed by atoms with Crippen LogP contribution < -0.4 is 21.7 Å². The Labute approximate surface area is 187 Å². The van der Waals surface area contributed by atoms with Gasteiger partial charge in [-0.2, -0.15) is 0 Å². The number of carbonyl (C=O) groups is 4. The summed E-state index contributed by atoms with van der Waals surface area (Å²) >= 11 is 0. The highest BCUT2D eigenvalue weighted by atomic mass is 16.2. The summed E-state index contributed by atoms with van der Waals surface area (Å²) in [5.41, 5.74) is 9.65. The Morgan fingerprint density at radius 3 is 1.12 bits per heavy atom. The molecule has 10 nitrogen and oxygen atoms in total. The first-order valence-corrected chi connectivity index (χ1v) is 10.9. The van der Waals surface area contributed by atoms with Gasteiger partial charge in [-0.05, 0) is 37.1 Å². The van der Waals surface area contributed by atoms with Crippen molar-refractivity contribution in [3.63, 3.8) is 0 Å². The molecule has 0 aliphatic rings. The van der Waals surface area contributed by atoms with Crippen LogP contribution in [0.5, 0.6) is 0 Å². The number of hydrogen-bond acceptors (Lipinski definition) is 4. The molecule has 2 aromatic rings. The van der Waals surface area contributed by atoms with Crippen LogP contribution in [0, 0.1) is 0 Å². The first-order chi connectivity index (χ1) is 15.5. The number of aromatic nitrogens is 2. The molecule has 0 spiro atoms. The topological polar surface area (TPSA) is 126 Å². The summed E-state index contributed by atoms with van der Waals surface area (Å²) in [6.07, 6.45) is 11.6. The lowest BCUT2D eigenvalue weighted by atomic mass is 10.1. The predicted octanol–water partition coefficient (Wildman–Crippen LogP) is 1.41. The monoisotopic (exact) mass is 444 g/mol. The standard InChI is InChI=1S/C22H32N6O4/c29-19(23-25-21(31)11-17-27-13-5-6-14-27)9-3-1-2-4-10-20(30)24-26-22(32)12-18-28-15-7-8-16-28/h5-8,13-16H,1-4,9-12,17-18H2,(H,23,29)(H,24,30)(H,25,31)(H,26,32). The lowest BCUT2D eigenvalue weighted by Crippen LogP contribution is -2.41. The molecule has 2 rings (SSSR count). The first kappa shape index (κ1) is 24.7. The number of aryl methyl sites for hydroxylation is 2. The van der Waals surface area contributed by atoms with Crippen LogP contribution in [0.3, 0.4) is 0 Å². The highest BCUT2D eigenvalue weighted by molar-refractivity contribution is 5.82. The molecule has 0 radical (unpaired) electrons. The van der Waals surface area contributed by atoms with E-state index in [2.05, 4.69) is 21.7 Å². The number of nitrogens with one attached hydrogen (secondary N) is 4. The minimum absolute atomic E-state index is 0.236. The molecule has 4 amide bonds. The summed E-state index contributed by atoms with van der Waals surface area (Å²) in [6.45, 7) is 1.11. The Bertz CT molecular complexity index is 762. The Morgan fingerprint density at radius 1 is 0.469 bits per heavy atom. The summed E-state index contributed by atoms with van der Waals surface area (Å²) in [5.74, 6) is -0.955. The Balaban J connectivity index is 1.39. The van der Waals surface area contributed by atoms with E-state index in [0.717, 1.165) is 12.8 Å². The number of carbonyl (C=O) groups excluding carboxylic acids is 4. The average Bonchev–Trinajstić information content (AvgIpc) is 3.50. The van der Waals surface area contributed by atoms with Crippen molar-refractivity contribution in [1.82, 2.24) is 30.8 Å². The second-order valence-electron chi connectivity index (χ2n) is 7.45. The van der Waals surface area contributed by atoms with Gasteiger partial charge in [0.1, 0.15) is 0 Å². The number of unbranched alkanes of at least 4 members (excludes halogenated alkanes) is 3. The highest BCUT2D eigenvalue weighted by Crippen LogP contribution is 2.05. The molecule has 174 valence electrons. The molecule has 0 aliphatic carbocycles. The molecular weight excluding hydrogens is 412 g/mol. The number of hydrazine groups is 2. The molecule has 2 aromatic heterocycles. The molecule has 32 heavy (non-hydrogen) atoms. The number of amides is 4. The third kappa shape index (κ3) is 11.0. The summed E-state index contributed by atoms with van der Waals surface area (Å²) in [5, 5.41) is 0. The van der Waals surface area contributed by atoms with E-state index in [-0.39, 0.29) is 36.5 Å². The summed E-state index contributed by atoms with van der Waals surface area (Å²) in [7, 11) is 0. The van der Waals surface area contributed by atoms with Crippen LogP contribution in [0.1, 0.15) is 51.4 Å². The van der Waals surface area contributed by atoms with Crippen molar-refractivity contribution in [2.24, 2.45) is 0 Å². The molecule has 0 bridgehead atoms.